The second kappa shape index (κ2) is 10.8. The highest BCUT2D eigenvalue weighted by Gasteiger charge is 2.19. The molecule has 0 fully saturated rings. The molecule has 0 saturated carbocycles. The molecule has 2 rings (SSSR count). The molecule has 0 spiro atoms. The first kappa shape index (κ1) is 22.6. The summed E-state index contributed by atoms with van der Waals surface area (Å²) in [5.41, 5.74) is 1.91. The van der Waals surface area contributed by atoms with Crippen molar-refractivity contribution in [3.8, 4) is 11.5 Å². The smallest absolute Gasteiger partial charge is 0.387 e. The van der Waals surface area contributed by atoms with Crippen molar-refractivity contribution in [3.63, 3.8) is 0 Å². The van der Waals surface area contributed by atoms with Crippen LogP contribution in [0.4, 0.5) is 8.78 Å². The molecule has 7 heteroatoms. The van der Waals surface area contributed by atoms with E-state index in [2.05, 4.69) is 4.74 Å². The lowest BCUT2D eigenvalue weighted by Gasteiger charge is -2.27. The lowest BCUT2D eigenvalue weighted by molar-refractivity contribution is -0.132. The van der Waals surface area contributed by atoms with E-state index in [9.17, 15) is 13.6 Å². The Bertz CT molecular complexity index is 787. The minimum absolute atomic E-state index is 0.000693. The van der Waals surface area contributed by atoms with E-state index in [1.54, 1.807) is 31.0 Å². The minimum atomic E-state index is -2.91. The maximum absolute atomic E-state index is 12.7. The molecule has 0 N–H and O–H groups in total. The molecule has 0 aliphatic carbocycles. The molecule has 0 radical (unpaired) electrons. The van der Waals surface area contributed by atoms with Gasteiger partial charge in [0.25, 0.3) is 0 Å². The molecule has 2 aromatic carbocycles. The first-order valence-electron chi connectivity index (χ1n) is 9.51. The maximum atomic E-state index is 12.7. The number of hydrogen-bond acceptors (Lipinski definition) is 4. The third-order valence-electron chi connectivity index (χ3n) is 4.64. The predicted octanol–water partition coefficient (Wildman–Crippen LogP) is 4.34. The molecule has 5 nitrogen and oxygen atoms in total. The van der Waals surface area contributed by atoms with Crippen molar-refractivity contribution >= 4 is 5.91 Å². The summed E-state index contributed by atoms with van der Waals surface area (Å²) in [7, 11) is 3.63. The highest BCUT2D eigenvalue weighted by molar-refractivity contribution is 5.78. The molecule has 0 aliphatic heterocycles. The molecule has 29 heavy (non-hydrogen) atoms. The zero-order valence-corrected chi connectivity index (χ0v) is 17.3. The van der Waals surface area contributed by atoms with Gasteiger partial charge in [0.05, 0.1) is 19.2 Å². The van der Waals surface area contributed by atoms with Crippen molar-refractivity contribution < 1.29 is 23.0 Å². The van der Waals surface area contributed by atoms with Crippen molar-refractivity contribution in [3.05, 3.63) is 59.7 Å². The van der Waals surface area contributed by atoms with Gasteiger partial charge in [-0.2, -0.15) is 8.78 Å². The minimum Gasteiger partial charge on any atom is -0.490 e. The molecular weight excluding hydrogens is 378 g/mol. The number of hydrogen-bond donors (Lipinski definition) is 0. The van der Waals surface area contributed by atoms with Gasteiger partial charge in [0, 0.05) is 13.6 Å². The molecule has 0 heterocycles. The number of benzene rings is 2. The van der Waals surface area contributed by atoms with E-state index in [0.29, 0.717) is 13.2 Å². The van der Waals surface area contributed by atoms with Crippen LogP contribution in [0.3, 0.4) is 0 Å². The van der Waals surface area contributed by atoms with Gasteiger partial charge in [-0.1, -0.05) is 36.4 Å². The number of likely N-dealkylation sites (N-methyl/N-ethyl adjacent to an activating group) is 2. The third-order valence-corrected chi connectivity index (χ3v) is 4.64. The largest absolute Gasteiger partial charge is 0.490 e. The van der Waals surface area contributed by atoms with Gasteiger partial charge in [-0.15, -0.1) is 0 Å². The van der Waals surface area contributed by atoms with E-state index >= 15 is 0 Å². The van der Waals surface area contributed by atoms with Gasteiger partial charge in [-0.3, -0.25) is 9.69 Å². The Labute approximate surface area is 170 Å². The van der Waals surface area contributed by atoms with Gasteiger partial charge < -0.3 is 14.4 Å². The summed E-state index contributed by atoms with van der Waals surface area (Å²) in [4.78, 5) is 16.2. The normalized spacial score (nSPS) is 12.1. The van der Waals surface area contributed by atoms with Crippen LogP contribution in [0, 0.1) is 0 Å². The summed E-state index contributed by atoms with van der Waals surface area (Å²) in [6, 6.07) is 14.6. The third kappa shape index (κ3) is 6.71. The molecule has 2 aromatic rings. The summed E-state index contributed by atoms with van der Waals surface area (Å²) < 4.78 is 35.0. The van der Waals surface area contributed by atoms with E-state index < -0.39 is 6.61 Å². The Hall–Kier alpha value is -2.67. The zero-order valence-electron chi connectivity index (χ0n) is 17.3. The van der Waals surface area contributed by atoms with Crippen LogP contribution in [-0.4, -0.2) is 49.6 Å². The fourth-order valence-electron chi connectivity index (χ4n) is 2.99. The van der Waals surface area contributed by atoms with E-state index in [1.807, 2.05) is 49.2 Å². The molecule has 1 unspecified atom stereocenters. The molecular formula is C22H28F2N2O3. The number of amides is 1. The molecule has 158 valence electrons. The summed E-state index contributed by atoms with van der Waals surface area (Å²) in [5, 5.41) is 0. The Morgan fingerprint density at radius 2 is 1.76 bits per heavy atom. The highest BCUT2D eigenvalue weighted by atomic mass is 19.3. The van der Waals surface area contributed by atoms with Gasteiger partial charge >= 0.3 is 6.61 Å². The van der Waals surface area contributed by atoms with Crippen LogP contribution in [0.15, 0.2) is 48.5 Å². The Kier molecular flexibility index (Phi) is 8.39. The predicted molar refractivity (Wildman–Crippen MR) is 108 cm³/mol. The average Bonchev–Trinajstić information content (AvgIpc) is 2.69. The van der Waals surface area contributed by atoms with Crippen molar-refractivity contribution in [1.82, 2.24) is 9.80 Å². The van der Waals surface area contributed by atoms with Crippen LogP contribution in [0.25, 0.3) is 0 Å². The van der Waals surface area contributed by atoms with Crippen LogP contribution < -0.4 is 9.47 Å². The van der Waals surface area contributed by atoms with Gasteiger partial charge in [-0.25, -0.2) is 0 Å². The van der Waals surface area contributed by atoms with Crippen LogP contribution in [0.2, 0.25) is 0 Å². The maximum Gasteiger partial charge on any atom is 0.387 e. The standard InChI is InChI=1S/C22H28F2N2O3/c1-5-28-20-13-17(11-12-19(20)29-22(23)24)14-25(3)15-21(27)26(4)16(2)18-9-7-6-8-10-18/h6-13,16,22H,5,14-15H2,1-4H3. The average molecular weight is 406 g/mol. The molecule has 0 aromatic heterocycles. The topological polar surface area (TPSA) is 42.0 Å². The number of carbonyl (C=O) groups is 1. The SMILES string of the molecule is CCOc1cc(CN(C)CC(=O)N(C)C(C)c2ccccc2)ccc1OC(F)F. The van der Waals surface area contributed by atoms with E-state index in [0.717, 1.165) is 11.1 Å². The Morgan fingerprint density at radius 3 is 2.38 bits per heavy atom. The molecule has 1 atom stereocenters. The molecule has 0 bridgehead atoms. The summed E-state index contributed by atoms with van der Waals surface area (Å²) >= 11 is 0. The summed E-state index contributed by atoms with van der Waals surface area (Å²) in [5.74, 6) is 0.257. The summed E-state index contributed by atoms with van der Waals surface area (Å²) in [6.07, 6.45) is 0. The quantitative estimate of drug-likeness (QED) is 0.589. The number of halogens is 2. The van der Waals surface area contributed by atoms with Gasteiger partial charge in [0.15, 0.2) is 11.5 Å². The van der Waals surface area contributed by atoms with Crippen LogP contribution in [-0.2, 0) is 11.3 Å². The molecule has 0 saturated heterocycles. The van der Waals surface area contributed by atoms with Crippen molar-refractivity contribution in [1.29, 1.82) is 0 Å². The van der Waals surface area contributed by atoms with E-state index in [4.69, 9.17) is 4.74 Å². The molecule has 1 amide bonds. The number of carbonyl (C=O) groups excluding carboxylic acids is 1. The van der Waals surface area contributed by atoms with Gasteiger partial charge in [0.2, 0.25) is 5.91 Å². The lowest BCUT2D eigenvalue weighted by Crippen LogP contribution is -2.37. The second-order valence-electron chi connectivity index (χ2n) is 6.86. The van der Waals surface area contributed by atoms with Crippen molar-refractivity contribution in [2.45, 2.75) is 33.0 Å². The van der Waals surface area contributed by atoms with Gasteiger partial charge in [-0.05, 0) is 44.2 Å². The fourth-order valence-corrected chi connectivity index (χ4v) is 2.99. The van der Waals surface area contributed by atoms with Crippen LogP contribution in [0.1, 0.15) is 31.0 Å². The monoisotopic (exact) mass is 406 g/mol. The van der Waals surface area contributed by atoms with Crippen LogP contribution in [0.5, 0.6) is 11.5 Å². The summed E-state index contributed by atoms with van der Waals surface area (Å²) in [6.45, 7) is 1.87. The lowest BCUT2D eigenvalue weighted by atomic mass is 10.1. The van der Waals surface area contributed by atoms with Crippen molar-refractivity contribution in [2.24, 2.45) is 0 Å². The first-order chi connectivity index (χ1) is 13.8. The number of rotatable bonds is 10. The van der Waals surface area contributed by atoms with E-state index in [-0.39, 0.29) is 30.0 Å². The van der Waals surface area contributed by atoms with E-state index in [1.165, 1.54) is 6.07 Å². The highest BCUT2D eigenvalue weighted by Crippen LogP contribution is 2.30. The first-order valence-corrected chi connectivity index (χ1v) is 9.51. The Balaban J connectivity index is 1.99. The van der Waals surface area contributed by atoms with Crippen LogP contribution >= 0.6 is 0 Å². The number of nitrogens with zero attached hydrogens (tertiary/aromatic N) is 2. The second-order valence-corrected chi connectivity index (χ2v) is 6.86. The number of alkyl halides is 2. The van der Waals surface area contributed by atoms with Crippen molar-refractivity contribution in [2.75, 3.05) is 27.2 Å². The molecule has 0 aliphatic rings. The fraction of sp³-hybridized carbons (Fsp3) is 0.409. The van der Waals surface area contributed by atoms with Gasteiger partial charge in [0.1, 0.15) is 0 Å². The zero-order chi connectivity index (χ0) is 21.4. The number of ether oxygens (including phenoxy) is 2. The Morgan fingerprint density at radius 1 is 1.07 bits per heavy atom.